The van der Waals surface area contributed by atoms with Crippen LogP contribution in [-0.2, 0) is 6.61 Å². The van der Waals surface area contributed by atoms with Gasteiger partial charge in [0.25, 0.3) is 11.4 Å². The number of nitro benzene ring substituents is 1. The van der Waals surface area contributed by atoms with E-state index < -0.39 is 9.85 Å². The molecular weight excluding hydrogens is 486 g/mol. The van der Waals surface area contributed by atoms with E-state index in [1.807, 2.05) is 0 Å². The summed E-state index contributed by atoms with van der Waals surface area (Å²) in [6.07, 6.45) is 2.64. The fraction of sp³-hybridized carbons (Fsp3) is 0.100. The summed E-state index contributed by atoms with van der Waals surface area (Å²) < 4.78 is 11.8. The minimum atomic E-state index is -0.535. The molecule has 0 radical (unpaired) electrons. The highest BCUT2D eigenvalue weighted by Crippen LogP contribution is 2.37. The second-order valence-electron chi connectivity index (χ2n) is 6.28. The number of ether oxygens (including phenoxy) is 2. The normalized spacial score (nSPS) is 10.7. The molecule has 0 atom stereocenters. The average molecular weight is 502 g/mol. The molecule has 164 valence electrons. The molecule has 0 unspecified atom stereocenters. The molecule has 0 saturated carbocycles. The molecule has 1 N–H and O–H groups in total. The predicted octanol–water partition coefficient (Wildman–Crippen LogP) is 4.69. The molecule has 11 nitrogen and oxygen atoms in total. The molecule has 0 aliphatic carbocycles. The highest BCUT2D eigenvalue weighted by molar-refractivity contribution is 9.10. The van der Waals surface area contributed by atoms with Crippen molar-refractivity contribution in [2.75, 3.05) is 12.5 Å². The molecule has 3 rings (SSSR count). The second kappa shape index (κ2) is 10.3. The summed E-state index contributed by atoms with van der Waals surface area (Å²) in [6, 6.07) is 12.4. The average Bonchev–Trinajstić information content (AvgIpc) is 2.78. The zero-order chi connectivity index (χ0) is 23.1. The number of hydrogen-bond donors (Lipinski definition) is 1. The lowest BCUT2D eigenvalue weighted by Gasteiger charge is -2.13. The van der Waals surface area contributed by atoms with E-state index in [9.17, 15) is 20.2 Å². The van der Waals surface area contributed by atoms with Gasteiger partial charge in [-0.15, -0.1) is 0 Å². The standard InChI is InChI=1S/C20H16BrN5O6/c1-31-18-9-14(10-23-24-19-6-5-16(11-22-19)26(29)30)8-17(21)20(18)32-12-13-3-2-4-15(7-13)25(27)28/h2-11H,12H2,1H3,(H,22,24)/b23-10+. The summed E-state index contributed by atoms with van der Waals surface area (Å²) in [4.78, 5) is 24.5. The van der Waals surface area contributed by atoms with E-state index in [0.717, 1.165) is 6.20 Å². The van der Waals surface area contributed by atoms with Gasteiger partial charge in [0.05, 0.1) is 27.6 Å². The quantitative estimate of drug-likeness (QED) is 0.252. The van der Waals surface area contributed by atoms with E-state index in [1.54, 1.807) is 24.3 Å². The highest BCUT2D eigenvalue weighted by Gasteiger charge is 2.13. The van der Waals surface area contributed by atoms with Crippen molar-refractivity contribution in [3.8, 4) is 11.5 Å². The van der Waals surface area contributed by atoms with E-state index in [0.29, 0.717) is 32.9 Å². The summed E-state index contributed by atoms with van der Waals surface area (Å²) in [5.74, 6) is 1.20. The first-order valence-electron chi connectivity index (χ1n) is 9.00. The third-order valence-corrected chi connectivity index (χ3v) is 4.70. The minimum absolute atomic E-state index is 0.0151. The molecule has 12 heteroatoms. The van der Waals surface area contributed by atoms with Gasteiger partial charge in [0.15, 0.2) is 11.5 Å². The number of rotatable bonds is 9. The van der Waals surface area contributed by atoms with Crippen molar-refractivity contribution in [3.63, 3.8) is 0 Å². The van der Waals surface area contributed by atoms with Gasteiger partial charge in [-0.25, -0.2) is 4.98 Å². The number of non-ortho nitro benzene ring substituents is 1. The van der Waals surface area contributed by atoms with E-state index in [4.69, 9.17) is 9.47 Å². The molecule has 2 aromatic carbocycles. The van der Waals surface area contributed by atoms with Crippen LogP contribution in [-0.4, -0.2) is 28.2 Å². The van der Waals surface area contributed by atoms with Crippen molar-refractivity contribution in [3.05, 3.63) is 90.6 Å². The SMILES string of the molecule is COc1cc(/C=N/Nc2ccc([N+](=O)[O-])cn2)cc(Br)c1OCc1cccc([N+](=O)[O-])c1. The number of hydrogen-bond acceptors (Lipinski definition) is 9. The Morgan fingerprint density at radius 1 is 1.12 bits per heavy atom. The maximum absolute atomic E-state index is 10.9. The van der Waals surface area contributed by atoms with E-state index in [1.165, 1.54) is 37.6 Å². The summed E-state index contributed by atoms with van der Waals surface area (Å²) >= 11 is 3.44. The lowest BCUT2D eigenvalue weighted by molar-refractivity contribution is -0.385. The Labute approximate surface area is 190 Å². The molecule has 0 saturated heterocycles. The number of hydrazone groups is 1. The number of nitro groups is 2. The summed E-state index contributed by atoms with van der Waals surface area (Å²) in [5.41, 5.74) is 3.86. The van der Waals surface area contributed by atoms with Crippen molar-refractivity contribution < 1.29 is 19.3 Å². The number of nitrogens with zero attached hydrogens (tertiary/aromatic N) is 4. The van der Waals surface area contributed by atoms with Gasteiger partial charge in [0, 0.05) is 18.2 Å². The molecule has 3 aromatic rings. The molecular formula is C20H16BrN5O6. The Morgan fingerprint density at radius 3 is 2.56 bits per heavy atom. The van der Waals surface area contributed by atoms with E-state index in [2.05, 4.69) is 31.4 Å². The van der Waals surface area contributed by atoms with Crippen LogP contribution in [0, 0.1) is 20.2 Å². The number of methoxy groups -OCH3 is 1. The molecule has 32 heavy (non-hydrogen) atoms. The van der Waals surface area contributed by atoms with Gasteiger partial charge in [0.1, 0.15) is 18.6 Å². The van der Waals surface area contributed by atoms with Crippen molar-refractivity contribution in [2.24, 2.45) is 5.10 Å². The minimum Gasteiger partial charge on any atom is -0.493 e. The van der Waals surface area contributed by atoms with E-state index >= 15 is 0 Å². The molecule has 1 heterocycles. The maximum Gasteiger partial charge on any atom is 0.287 e. The van der Waals surface area contributed by atoms with Gasteiger partial charge in [-0.2, -0.15) is 5.10 Å². The van der Waals surface area contributed by atoms with E-state index in [-0.39, 0.29) is 18.0 Å². The Kier molecular flexibility index (Phi) is 7.29. The lowest BCUT2D eigenvalue weighted by Crippen LogP contribution is -2.01. The van der Waals surface area contributed by atoms with Crippen LogP contribution in [0.1, 0.15) is 11.1 Å². The Hall–Kier alpha value is -4.06. The van der Waals surface area contributed by atoms with Gasteiger partial charge in [0.2, 0.25) is 0 Å². The monoisotopic (exact) mass is 501 g/mol. The third-order valence-electron chi connectivity index (χ3n) is 4.11. The van der Waals surface area contributed by atoms with Crippen molar-refractivity contribution in [1.29, 1.82) is 0 Å². The number of halogens is 1. The second-order valence-corrected chi connectivity index (χ2v) is 7.13. The Morgan fingerprint density at radius 2 is 1.91 bits per heavy atom. The maximum atomic E-state index is 10.9. The summed E-state index contributed by atoms with van der Waals surface area (Å²) in [5, 5.41) is 25.7. The smallest absolute Gasteiger partial charge is 0.287 e. The Bertz CT molecular complexity index is 1170. The zero-order valence-corrected chi connectivity index (χ0v) is 18.2. The third kappa shape index (κ3) is 5.76. The number of benzene rings is 2. The van der Waals surface area contributed by atoms with Crippen molar-refractivity contribution in [2.45, 2.75) is 6.61 Å². The summed E-state index contributed by atoms with van der Waals surface area (Å²) in [7, 11) is 1.49. The van der Waals surface area contributed by atoms with Crippen molar-refractivity contribution >= 4 is 39.3 Å². The van der Waals surface area contributed by atoms with Crippen LogP contribution >= 0.6 is 15.9 Å². The molecule has 0 spiro atoms. The highest BCUT2D eigenvalue weighted by atomic mass is 79.9. The lowest BCUT2D eigenvalue weighted by atomic mass is 10.2. The molecule has 1 aromatic heterocycles. The molecule has 0 amide bonds. The largest absolute Gasteiger partial charge is 0.493 e. The Balaban J connectivity index is 1.70. The van der Waals surface area contributed by atoms with Crippen LogP contribution in [0.5, 0.6) is 11.5 Å². The molecule has 0 fully saturated rings. The van der Waals surface area contributed by atoms with Gasteiger partial charge < -0.3 is 9.47 Å². The van der Waals surface area contributed by atoms with Crippen LogP contribution in [0.25, 0.3) is 0 Å². The molecule has 0 aliphatic heterocycles. The number of anilines is 1. The van der Waals surface area contributed by atoms with Gasteiger partial charge in [-0.3, -0.25) is 25.7 Å². The van der Waals surface area contributed by atoms with Crippen LogP contribution in [0.3, 0.4) is 0 Å². The first-order chi connectivity index (χ1) is 15.4. The first kappa shape index (κ1) is 22.6. The fourth-order valence-electron chi connectivity index (χ4n) is 2.60. The number of aromatic nitrogens is 1. The predicted molar refractivity (Wildman–Crippen MR) is 120 cm³/mol. The van der Waals surface area contributed by atoms with Gasteiger partial charge in [-0.1, -0.05) is 12.1 Å². The van der Waals surface area contributed by atoms with Crippen LogP contribution in [0.4, 0.5) is 17.2 Å². The number of nitrogens with one attached hydrogen (secondary N) is 1. The zero-order valence-electron chi connectivity index (χ0n) is 16.6. The summed E-state index contributed by atoms with van der Waals surface area (Å²) in [6.45, 7) is 0.109. The van der Waals surface area contributed by atoms with Crippen LogP contribution in [0.15, 0.2) is 64.3 Å². The topological polar surface area (TPSA) is 142 Å². The van der Waals surface area contributed by atoms with Crippen molar-refractivity contribution in [1.82, 2.24) is 4.98 Å². The fourth-order valence-corrected chi connectivity index (χ4v) is 3.18. The molecule has 0 bridgehead atoms. The van der Waals surface area contributed by atoms with Gasteiger partial charge >= 0.3 is 0 Å². The van der Waals surface area contributed by atoms with Crippen LogP contribution < -0.4 is 14.9 Å². The first-order valence-corrected chi connectivity index (χ1v) is 9.80. The number of pyridine rings is 1. The molecule has 0 aliphatic rings. The van der Waals surface area contributed by atoms with Gasteiger partial charge in [-0.05, 0) is 45.3 Å². The van der Waals surface area contributed by atoms with Crippen LogP contribution in [0.2, 0.25) is 0 Å².